The Morgan fingerprint density at radius 3 is 2.45 bits per heavy atom. The molecule has 0 spiro atoms. The summed E-state index contributed by atoms with van der Waals surface area (Å²) < 4.78 is 1.61. The van der Waals surface area contributed by atoms with Crippen molar-refractivity contribution in [3.05, 3.63) is 52.8 Å². The molecular weight excluding hydrogens is 278 g/mol. The molecule has 5 nitrogen and oxygen atoms in total. The Kier molecular flexibility index (Phi) is 4.66. The average molecular weight is 301 g/mol. The van der Waals surface area contributed by atoms with Gasteiger partial charge in [0.05, 0.1) is 12.3 Å². The largest absolute Gasteiger partial charge is 0.392 e. The highest BCUT2D eigenvalue weighted by atomic mass is 16.3. The summed E-state index contributed by atoms with van der Waals surface area (Å²) >= 11 is 0. The Labute approximate surface area is 131 Å². The fraction of sp³-hybridized carbons (Fsp3) is 0.412. The maximum atomic E-state index is 12.3. The van der Waals surface area contributed by atoms with E-state index in [-0.39, 0.29) is 17.9 Å². The lowest BCUT2D eigenvalue weighted by Crippen LogP contribution is -2.25. The molecule has 1 aromatic heterocycles. The van der Waals surface area contributed by atoms with Crippen molar-refractivity contribution >= 4 is 5.91 Å². The molecular formula is C17H23N3O2. The standard InChI is InChI=1S/C17H23N3O2/c1-17(2,3)15-9-14(20(4)19-15)16(22)18-10-12-7-5-6-8-13(12)11-21/h5-9,21H,10-11H2,1-4H3,(H,18,22). The zero-order chi connectivity index (χ0) is 16.3. The lowest BCUT2D eigenvalue weighted by atomic mass is 9.92. The number of amides is 1. The van der Waals surface area contributed by atoms with Crippen LogP contribution in [0.3, 0.4) is 0 Å². The number of benzene rings is 1. The Bertz CT molecular complexity index is 669. The van der Waals surface area contributed by atoms with Gasteiger partial charge in [-0.2, -0.15) is 5.10 Å². The molecule has 5 heteroatoms. The fourth-order valence-corrected chi connectivity index (χ4v) is 2.20. The van der Waals surface area contributed by atoms with Gasteiger partial charge in [-0.05, 0) is 17.2 Å². The van der Waals surface area contributed by atoms with Gasteiger partial charge in [0.25, 0.3) is 5.91 Å². The molecule has 0 saturated heterocycles. The molecule has 2 aromatic rings. The maximum Gasteiger partial charge on any atom is 0.269 e. The molecule has 118 valence electrons. The number of rotatable bonds is 4. The first kappa shape index (κ1) is 16.2. The quantitative estimate of drug-likeness (QED) is 0.909. The number of nitrogens with one attached hydrogen (secondary N) is 1. The Morgan fingerprint density at radius 2 is 1.91 bits per heavy atom. The van der Waals surface area contributed by atoms with E-state index in [0.717, 1.165) is 16.8 Å². The van der Waals surface area contributed by atoms with Crippen molar-refractivity contribution in [3.63, 3.8) is 0 Å². The lowest BCUT2D eigenvalue weighted by molar-refractivity contribution is 0.0941. The molecule has 1 aromatic carbocycles. The van der Waals surface area contributed by atoms with Crippen LogP contribution in [-0.2, 0) is 25.6 Å². The number of hydrogen-bond acceptors (Lipinski definition) is 3. The van der Waals surface area contributed by atoms with Crippen molar-refractivity contribution in [2.24, 2.45) is 7.05 Å². The van der Waals surface area contributed by atoms with Gasteiger partial charge in [-0.3, -0.25) is 9.48 Å². The molecule has 0 saturated carbocycles. The predicted molar refractivity (Wildman–Crippen MR) is 85.4 cm³/mol. The molecule has 0 unspecified atom stereocenters. The highest BCUT2D eigenvalue weighted by molar-refractivity contribution is 5.92. The van der Waals surface area contributed by atoms with Crippen molar-refractivity contribution in [1.82, 2.24) is 15.1 Å². The van der Waals surface area contributed by atoms with Gasteiger partial charge in [0.2, 0.25) is 0 Å². The molecule has 1 amide bonds. The third-order valence-corrected chi connectivity index (χ3v) is 3.61. The lowest BCUT2D eigenvalue weighted by Gasteiger charge is -2.13. The minimum atomic E-state index is -0.168. The van der Waals surface area contributed by atoms with Crippen molar-refractivity contribution in [2.45, 2.75) is 39.3 Å². The number of nitrogens with zero attached hydrogens (tertiary/aromatic N) is 2. The minimum absolute atomic E-state index is 0.0358. The fourth-order valence-electron chi connectivity index (χ4n) is 2.20. The van der Waals surface area contributed by atoms with Crippen LogP contribution in [0.25, 0.3) is 0 Å². The van der Waals surface area contributed by atoms with E-state index in [1.165, 1.54) is 0 Å². The van der Waals surface area contributed by atoms with E-state index in [9.17, 15) is 9.90 Å². The van der Waals surface area contributed by atoms with E-state index < -0.39 is 0 Å². The number of aromatic nitrogens is 2. The van der Waals surface area contributed by atoms with Crippen molar-refractivity contribution < 1.29 is 9.90 Å². The summed E-state index contributed by atoms with van der Waals surface area (Å²) in [6.07, 6.45) is 0. The first-order valence-corrected chi connectivity index (χ1v) is 7.33. The summed E-state index contributed by atoms with van der Waals surface area (Å²) in [5.41, 5.74) is 3.06. The van der Waals surface area contributed by atoms with E-state index in [1.54, 1.807) is 11.7 Å². The summed E-state index contributed by atoms with van der Waals surface area (Å²) in [7, 11) is 1.77. The summed E-state index contributed by atoms with van der Waals surface area (Å²) in [5, 5.41) is 16.6. The zero-order valence-corrected chi connectivity index (χ0v) is 13.6. The second-order valence-corrected chi connectivity index (χ2v) is 6.40. The van der Waals surface area contributed by atoms with Crippen LogP contribution in [0.5, 0.6) is 0 Å². The van der Waals surface area contributed by atoms with Crippen LogP contribution >= 0.6 is 0 Å². The number of hydrogen-bond donors (Lipinski definition) is 2. The van der Waals surface area contributed by atoms with Crippen LogP contribution in [0.15, 0.2) is 30.3 Å². The number of carbonyl (C=O) groups excluding carboxylic acids is 1. The molecule has 0 fully saturated rings. The number of aliphatic hydroxyl groups excluding tert-OH is 1. The second kappa shape index (κ2) is 6.32. The van der Waals surface area contributed by atoms with E-state index >= 15 is 0 Å². The monoisotopic (exact) mass is 301 g/mol. The highest BCUT2D eigenvalue weighted by Crippen LogP contribution is 2.21. The molecule has 0 radical (unpaired) electrons. The highest BCUT2D eigenvalue weighted by Gasteiger charge is 2.21. The van der Waals surface area contributed by atoms with Crippen LogP contribution in [0.1, 0.15) is 48.1 Å². The summed E-state index contributed by atoms with van der Waals surface area (Å²) in [4.78, 5) is 12.3. The smallest absolute Gasteiger partial charge is 0.269 e. The number of aliphatic hydroxyl groups is 1. The molecule has 0 aliphatic rings. The van der Waals surface area contributed by atoms with Gasteiger partial charge >= 0.3 is 0 Å². The van der Waals surface area contributed by atoms with Gasteiger partial charge in [0, 0.05) is 19.0 Å². The Hall–Kier alpha value is -2.14. The molecule has 0 bridgehead atoms. The van der Waals surface area contributed by atoms with Crippen LogP contribution < -0.4 is 5.32 Å². The molecule has 0 aliphatic heterocycles. The van der Waals surface area contributed by atoms with E-state index in [1.807, 2.05) is 30.3 Å². The second-order valence-electron chi connectivity index (χ2n) is 6.40. The van der Waals surface area contributed by atoms with Crippen LogP contribution in [0.4, 0.5) is 0 Å². The minimum Gasteiger partial charge on any atom is -0.392 e. The number of aryl methyl sites for hydroxylation is 1. The van der Waals surface area contributed by atoms with Gasteiger partial charge in [0.1, 0.15) is 5.69 Å². The molecule has 2 N–H and O–H groups in total. The molecule has 22 heavy (non-hydrogen) atoms. The van der Waals surface area contributed by atoms with Crippen LogP contribution in [0, 0.1) is 0 Å². The Morgan fingerprint density at radius 1 is 1.27 bits per heavy atom. The molecule has 1 heterocycles. The topological polar surface area (TPSA) is 67.2 Å². The van der Waals surface area contributed by atoms with Crippen molar-refractivity contribution in [3.8, 4) is 0 Å². The summed E-state index contributed by atoms with van der Waals surface area (Å²) in [6.45, 7) is 6.54. The van der Waals surface area contributed by atoms with Crippen molar-refractivity contribution in [1.29, 1.82) is 0 Å². The summed E-state index contributed by atoms with van der Waals surface area (Å²) in [5.74, 6) is -0.168. The van der Waals surface area contributed by atoms with Gasteiger partial charge < -0.3 is 10.4 Å². The normalized spacial score (nSPS) is 11.5. The van der Waals surface area contributed by atoms with Crippen molar-refractivity contribution in [2.75, 3.05) is 0 Å². The summed E-state index contributed by atoms with van der Waals surface area (Å²) in [6, 6.07) is 9.34. The molecule has 0 aliphatic carbocycles. The number of carbonyl (C=O) groups is 1. The van der Waals surface area contributed by atoms with Gasteiger partial charge in [0.15, 0.2) is 0 Å². The third kappa shape index (κ3) is 3.54. The first-order valence-electron chi connectivity index (χ1n) is 7.33. The first-order chi connectivity index (χ1) is 10.3. The van der Waals surface area contributed by atoms with Crippen LogP contribution in [-0.4, -0.2) is 20.8 Å². The average Bonchev–Trinajstić information content (AvgIpc) is 2.87. The van der Waals surface area contributed by atoms with Crippen LogP contribution in [0.2, 0.25) is 0 Å². The van der Waals surface area contributed by atoms with Gasteiger partial charge in [-0.15, -0.1) is 0 Å². The van der Waals surface area contributed by atoms with E-state index in [2.05, 4.69) is 31.2 Å². The SMILES string of the molecule is Cn1nc(C(C)(C)C)cc1C(=O)NCc1ccccc1CO. The van der Waals surface area contributed by atoms with E-state index in [4.69, 9.17) is 0 Å². The predicted octanol–water partition coefficient (Wildman–Crippen LogP) is 2.14. The van der Waals surface area contributed by atoms with E-state index in [0.29, 0.717) is 12.2 Å². The molecule has 0 atom stereocenters. The maximum absolute atomic E-state index is 12.3. The van der Waals surface area contributed by atoms with Gasteiger partial charge in [-0.25, -0.2) is 0 Å². The van der Waals surface area contributed by atoms with Gasteiger partial charge in [-0.1, -0.05) is 45.0 Å². The third-order valence-electron chi connectivity index (χ3n) is 3.61. The molecule has 2 rings (SSSR count). The Balaban J connectivity index is 2.11. The zero-order valence-electron chi connectivity index (χ0n) is 13.6.